The van der Waals surface area contributed by atoms with Gasteiger partial charge >= 0.3 is 5.97 Å². The Hall–Kier alpha value is -0.790. The molecule has 0 saturated heterocycles. The SMILES string of the molecule is C=C1C(C)(C)C2CC[C@@]1(C(=O)OC)C2. The van der Waals surface area contributed by atoms with Crippen LogP contribution in [0.3, 0.4) is 0 Å². The van der Waals surface area contributed by atoms with Crippen LogP contribution in [0.25, 0.3) is 0 Å². The molecule has 2 aliphatic carbocycles. The standard InChI is InChI=1S/C12H18O2/c1-8-11(2,3)9-5-6-12(8,7-9)10(13)14-4/h9H,1,5-7H2,2-4H3/t9?,12-/m1/s1. The number of esters is 1. The molecule has 0 aromatic carbocycles. The van der Waals surface area contributed by atoms with Crippen molar-refractivity contribution in [3.05, 3.63) is 12.2 Å². The van der Waals surface area contributed by atoms with E-state index in [4.69, 9.17) is 4.74 Å². The molecular formula is C12H18O2. The number of rotatable bonds is 1. The highest BCUT2D eigenvalue weighted by atomic mass is 16.5. The number of hydrogen-bond donors (Lipinski definition) is 0. The maximum Gasteiger partial charge on any atom is 0.315 e. The van der Waals surface area contributed by atoms with Gasteiger partial charge in [0.2, 0.25) is 0 Å². The minimum atomic E-state index is -0.344. The Bertz CT molecular complexity index is 303. The van der Waals surface area contributed by atoms with Gasteiger partial charge in [0, 0.05) is 0 Å². The zero-order valence-corrected chi connectivity index (χ0v) is 9.22. The zero-order chi connectivity index (χ0) is 10.6. The lowest BCUT2D eigenvalue weighted by Gasteiger charge is -2.36. The number of ether oxygens (including phenoxy) is 1. The molecule has 2 saturated carbocycles. The van der Waals surface area contributed by atoms with Crippen molar-refractivity contribution >= 4 is 5.97 Å². The Morgan fingerprint density at radius 3 is 2.64 bits per heavy atom. The van der Waals surface area contributed by atoms with E-state index in [-0.39, 0.29) is 16.8 Å². The lowest BCUT2D eigenvalue weighted by molar-refractivity contribution is -0.150. The molecule has 2 nitrogen and oxygen atoms in total. The van der Waals surface area contributed by atoms with E-state index >= 15 is 0 Å². The van der Waals surface area contributed by atoms with Crippen molar-refractivity contribution in [1.29, 1.82) is 0 Å². The first kappa shape index (κ1) is 9.75. The molecule has 0 radical (unpaired) electrons. The summed E-state index contributed by atoms with van der Waals surface area (Å²) in [6.45, 7) is 8.53. The summed E-state index contributed by atoms with van der Waals surface area (Å²) in [4.78, 5) is 11.8. The summed E-state index contributed by atoms with van der Waals surface area (Å²) < 4.78 is 4.92. The fourth-order valence-electron chi connectivity index (χ4n) is 3.30. The van der Waals surface area contributed by atoms with Crippen molar-refractivity contribution in [2.45, 2.75) is 33.1 Å². The largest absolute Gasteiger partial charge is 0.468 e. The zero-order valence-electron chi connectivity index (χ0n) is 9.22. The fraction of sp³-hybridized carbons (Fsp3) is 0.750. The van der Waals surface area contributed by atoms with E-state index in [9.17, 15) is 4.79 Å². The topological polar surface area (TPSA) is 26.3 Å². The third-order valence-electron chi connectivity index (χ3n) is 4.47. The predicted molar refractivity (Wildman–Crippen MR) is 54.7 cm³/mol. The highest BCUT2D eigenvalue weighted by Gasteiger charge is 2.61. The molecule has 0 heterocycles. The third kappa shape index (κ3) is 0.891. The maximum atomic E-state index is 11.8. The molecule has 2 bridgehead atoms. The molecule has 0 aliphatic heterocycles. The summed E-state index contributed by atoms with van der Waals surface area (Å²) in [6, 6.07) is 0. The van der Waals surface area contributed by atoms with Gasteiger partial charge in [0.1, 0.15) is 0 Å². The smallest absolute Gasteiger partial charge is 0.315 e. The molecule has 0 amide bonds. The first-order chi connectivity index (χ1) is 6.45. The summed E-state index contributed by atoms with van der Waals surface area (Å²) >= 11 is 0. The Labute approximate surface area is 85.3 Å². The van der Waals surface area contributed by atoms with Crippen LogP contribution in [0.5, 0.6) is 0 Å². The third-order valence-corrected chi connectivity index (χ3v) is 4.47. The number of fused-ring (bicyclic) bond motifs is 2. The van der Waals surface area contributed by atoms with Gasteiger partial charge in [-0.15, -0.1) is 0 Å². The van der Waals surface area contributed by atoms with Gasteiger partial charge in [0.25, 0.3) is 0 Å². The van der Waals surface area contributed by atoms with Crippen LogP contribution in [0.1, 0.15) is 33.1 Å². The number of carbonyl (C=O) groups is 1. The fourth-order valence-corrected chi connectivity index (χ4v) is 3.30. The molecule has 14 heavy (non-hydrogen) atoms. The molecule has 2 heteroatoms. The van der Waals surface area contributed by atoms with Crippen LogP contribution in [0.4, 0.5) is 0 Å². The highest BCUT2D eigenvalue weighted by molar-refractivity contribution is 5.82. The molecule has 0 aromatic heterocycles. The molecule has 2 atom stereocenters. The molecule has 1 unspecified atom stereocenters. The quantitative estimate of drug-likeness (QED) is 0.473. The maximum absolute atomic E-state index is 11.8. The first-order valence-electron chi connectivity index (χ1n) is 5.23. The van der Waals surface area contributed by atoms with E-state index < -0.39 is 0 Å². The predicted octanol–water partition coefficient (Wildman–Crippen LogP) is 2.54. The molecule has 2 rings (SSSR count). The van der Waals surface area contributed by atoms with Crippen molar-refractivity contribution in [2.24, 2.45) is 16.7 Å². The summed E-state index contributed by atoms with van der Waals surface area (Å²) in [5.41, 5.74) is 0.864. The highest BCUT2D eigenvalue weighted by Crippen LogP contribution is 2.65. The molecular weight excluding hydrogens is 176 g/mol. The van der Waals surface area contributed by atoms with Crippen molar-refractivity contribution in [3.8, 4) is 0 Å². The van der Waals surface area contributed by atoms with Crippen LogP contribution < -0.4 is 0 Å². The van der Waals surface area contributed by atoms with E-state index in [1.165, 1.54) is 7.11 Å². The van der Waals surface area contributed by atoms with E-state index in [1.807, 2.05) is 0 Å². The molecule has 0 spiro atoms. The number of carbonyl (C=O) groups excluding carboxylic acids is 1. The minimum Gasteiger partial charge on any atom is -0.468 e. The van der Waals surface area contributed by atoms with Gasteiger partial charge in [-0.1, -0.05) is 26.0 Å². The lowest BCUT2D eigenvalue weighted by Crippen LogP contribution is -2.34. The van der Waals surface area contributed by atoms with E-state index in [0.29, 0.717) is 5.92 Å². The second-order valence-corrected chi connectivity index (χ2v) is 5.21. The van der Waals surface area contributed by atoms with Crippen molar-refractivity contribution in [3.63, 3.8) is 0 Å². The van der Waals surface area contributed by atoms with E-state index in [2.05, 4.69) is 20.4 Å². The Balaban J connectivity index is 2.40. The van der Waals surface area contributed by atoms with E-state index in [1.54, 1.807) is 0 Å². The number of hydrogen-bond acceptors (Lipinski definition) is 2. The van der Waals surface area contributed by atoms with Gasteiger partial charge in [-0.05, 0) is 30.6 Å². The molecule has 2 aliphatic rings. The summed E-state index contributed by atoms with van der Waals surface area (Å²) in [6.07, 6.45) is 3.03. The van der Waals surface area contributed by atoms with E-state index in [0.717, 1.165) is 24.8 Å². The lowest BCUT2D eigenvalue weighted by atomic mass is 9.68. The molecule has 2 fully saturated rings. The summed E-state index contributed by atoms with van der Waals surface area (Å²) in [5, 5.41) is 0. The molecule has 0 aromatic rings. The van der Waals surface area contributed by atoms with Crippen molar-refractivity contribution in [2.75, 3.05) is 7.11 Å². The van der Waals surface area contributed by atoms with Crippen LogP contribution in [0.2, 0.25) is 0 Å². The van der Waals surface area contributed by atoms with Crippen molar-refractivity contribution < 1.29 is 9.53 Å². The van der Waals surface area contributed by atoms with Crippen LogP contribution in [-0.4, -0.2) is 13.1 Å². The van der Waals surface area contributed by atoms with Crippen LogP contribution in [0, 0.1) is 16.7 Å². The first-order valence-corrected chi connectivity index (χ1v) is 5.23. The Kier molecular flexibility index (Phi) is 1.82. The van der Waals surface area contributed by atoms with Crippen LogP contribution in [0.15, 0.2) is 12.2 Å². The monoisotopic (exact) mass is 194 g/mol. The van der Waals surface area contributed by atoms with Gasteiger partial charge in [-0.3, -0.25) is 4.79 Å². The average Bonchev–Trinajstić information content (AvgIpc) is 2.66. The second kappa shape index (κ2) is 2.62. The second-order valence-electron chi connectivity index (χ2n) is 5.21. The van der Waals surface area contributed by atoms with Crippen LogP contribution in [-0.2, 0) is 9.53 Å². The normalized spacial score (nSPS) is 38.8. The summed E-state index contributed by atoms with van der Waals surface area (Å²) in [7, 11) is 1.48. The van der Waals surface area contributed by atoms with Gasteiger partial charge in [-0.25, -0.2) is 0 Å². The molecule has 0 N–H and O–H groups in total. The minimum absolute atomic E-state index is 0.0735. The van der Waals surface area contributed by atoms with Gasteiger partial charge in [0.05, 0.1) is 12.5 Å². The van der Waals surface area contributed by atoms with Gasteiger partial charge in [0.15, 0.2) is 0 Å². The Morgan fingerprint density at radius 2 is 2.21 bits per heavy atom. The van der Waals surface area contributed by atoms with Gasteiger partial charge in [-0.2, -0.15) is 0 Å². The van der Waals surface area contributed by atoms with Crippen molar-refractivity contribution in [1.82, 2.24) is 0 Å². The number of methoxy groups -OCH3 is 1. The average molecular weight is 194 g/mol. The van der Waals surface area contributed by atoms with Crippen LogP contribution >= 0.6 is 0 Å². The Morgan fingerprint density at radius 1 is 1.57 bits per heavy atom. The van der Waals surface area contributed by atoms with Gasteiger partial charge < -0.3 is 4.74 Å². The molecule has 78 valence electrons. The summed E-state index contributed by atoms with van der Waals surface area (Å²) in [5.74, 6) is 0.546.